The lowest BCUT2D eigenvalue weighted by Crippen LogP contribution is -2.26. The van der Waals surface area contributed by atoms with Gasteiger partial charge in [-0.1, -0.05) is 24.3 Å². The lowest BCUT2D eigenvalue weighted by Gasteiger charge is -2.11. The molecule has 136 valence electrons. The van der Waals surface area contributed by atoms with Crippen LogP contribution in [0.5, 0.6) is 0 Å². The fourth-order valence-electron chi connectivity index (χ4n) is 2.79. The first kappa shape index (κ1) is 17.5. The summed E-state index contributed by atoms with van der Waals surface area (Å²) in [5.41, 5.74) is 3.14. The normalized spacial score (nSPS) is 12.2. The minimum absolute atomic E-state index is 0.168. The first-order valence-electron chi connectivity index (χ1n) is 8.52. The molecule has 2 aromatic carbocycles. The third kappa shape index (κ3) is 3.93. The first-order chi connectivity index (χ1) is 13.1. The van der Waals surface area contributed by atoms with Crippen LogP contribution >= 0.6 is 15.9 Å². The summed E-state index contributed by atoms with van der Waals surface area (Å²) in [5, 5.41) is 7.16. The molecule has 0 saturated heterocycles. The first-order valence-corrected chi connectivity index (χ1v) is 9.31. The lowest BCUT2D eigenvalue weighted by molar-refractivity contribution is 0.0934. The summed E-state index contributed by atoms with van der Waals surface area (Å²) < 4.78 is 8.48. The van der Waals surface area contributed by atoms with Crippen molar-refractivity contribution in [3.05, 3.63) is 82.4 Å². The summed E-state index contributed by atoms with van der Waals surface area (Å²) in [6, 6.07) is 14.7. The molecular formula is C20H17BrN4O2. The number of oxazole rings is 1. The summed E-state index contributed by atoms with van der Waals surface area (Å²) >= 11 is 3.38. The van der Waals surface area contributed by atoms with E-state index in [9.17, 15) is 4.79 Å². The van der Waals surface area contributed by atoms with Gasteiger partial charge in [0.2, 0.25) is 5.89 Å². The molecule has 2 heterocycles. The summed E-state index contributed by atoms with van der Waals surface area (Å²) in [7, 11) is 0. The number of aromatic nitrogens is 3. The molecule has 0 fully saturated rings. The van der Waals surface area contributed by atoms with Gasteiger partial charge in [-0.25, -0.2) is 4.98 Å². The average Bonchev–Trinajstić information content (AvgIpc) is 3.28. The number of carbonyl (C=O) groups is 1. The summed E-state index contributed by atoms with van der Waals surface area (Å²) in [4.78, 5) is 16.9. The number of benzene rings is 2. The Bertz CT molecular complexity index is 1050. The standard InChI is InChI=1S/C20H17BrN4O2/c1-13(20-24-17-4-2-3-5-18(17)27-20)23-19(26)15-8-6-14(7-9-15)11-25-12-16(21)10-22-25/h2-10,12-13H,11H2,1H3,(H,23,26). The highest BCUT2D eigenvalue weighted by molar-refractivity contribution is 9.10. The number of hydrogen-bond donors (Lipinski definition) is 1. The highest BCUT2D eigenvalue weighted by Crippen LogP contribution is 2.20. The second kappa shape index (κ2) is 7.36. The molecule has 0 aliphatic heterocycles. The fraction of sp³-hybridized carbons (Fsp3) is 0.150. The zero-order chi connectivity index (χ0) is 18.8. The maximum Gasteiger partial charge on any atom is 0.251 e. The molecule has 0 saturated carbocycles. The minimum Gasteiger partial charge on any atom is -0.438 e. The summed E-state index contributed by atoms with van der Waals surface area (Å²) in [5.74, 6) is 0.323. The van der Waals surface area contributed by atoms with Crippen LogP contribution in [-0.4, -0.2) is 20.7 Å². The van der Waals surface area contributed by atoms with E-state index < -0.39 is 0 Å². The molecule has 1 unspecified atom stereocenters. The van der Waals surface area contributed by atoms with E-state index in [2.05, 4.69) is 31.3 Å². The van der Waals surface area contributed by atoms with E-state index in [1.54, 1.807) is 6.20 Å². The Morgan fingerprint density at radius 3 is 2.70 bits per heavy atom. The van der Waals surface area contributed by atoms with Gasteiger partial charge in [0.05, 0.1) is 17.2 Å². The molecule has 4 rings (SSSR count). The monoisotopic (exact) mass is 424 g/mol. The van der Waals surface area contributed by atoms with E-state index >= 15 is 0 Å². The van der Waals surface area contributed by atoms with Crippen molar-refractivity contribution in [1.29, 1.82) is 0 Å². The van der Waals surface area contributed by atoms with E-state index in [0.717, 1.165) is 15.6 Å². The van der Waals surface area contributed by atoms with Gasteiger partial charge < -0.3 is 9.73 Å². The molecule has 27 heavy (non-hydrogen) atoms. The second-order valence-electron chi connectivity index (χ2n) is 6.27. The quantitative estimate of drug-likeness (QED) is 0.517. The molecule has 4 aromatic rings. The lowest BCUT2D eigenvalue weighted by atomic mass is 10.1. The van der Waals surface area contributed by atoms with Crippen LogP contribution in [0, 0.1) is 0 Å². The average molecular weight is 425 g/mol. The third-order valence-corrected chi connectivity index (χ3v) is 4.60. The van der Waals surface area contributed by atoms with Crippen LogP contribution < -0.4 is 5.32 Å². The molecule has 6 nitrogen and oxygen atoms in total. The van der Waals surface area contributed by atoms with Crippen molar-refractivity contribution in [3.8, 4) is 0 Å². The van der Waals surface area contributed by atoms with Crippen molar-refractivity contribution in [1.82, 2.24) is 20.1 Å². The van der Waals surface area contributed by atoms with Gasteiger partial charge in [-0.15, -0.1) is 0 Å². The van der Waals surface area contributed by atoms with E-state index in [4.69, 9.17) is 4.42 Å². The highest BCUT2D eigenvalue weighted by Gasteiger charge is 2.16. The van der Waals surface area contributed by atoms with E-state index in [1.807, 2.05) is 66.3 Å². The van der Waals surface area contributed by atoms with Gasteiger partial charge in [0.25, 0.3) is 5.91 Å². The van der Waals surface area contributed by atoms with Crippen LogP contribution in [0.1, 0.15) is 34.8 Å². The predicted molar refractivity (Wildman–Crippen MR) is 105 cm³/mol. The van der Waals surface area contributed by atoms with Crippen molar-refractivity contribution in [2.45, 2.75) is 19.5 Å². The number of halogens is 1. The Morgan fingerprint density at radius 2 is 2.00 bits per heavy atom. The van der Waals surface area contributed by atoms with Crippen LogP contribution in [0.2, 0.25) is 0 Å². The Labute approximate surface area is 164 Å². The highest BCUT2D eigenvalue weighted by atomic mass is 79.9. The van der Waals surface area contributed by atoms with Crippen molar-refractivity contribution >= 4 is 32.9 Å². The van der Waals surface area contributed by atoms with Crippen LogP contribution in [0.15, 0.2) is 69.8 Å². The molecule has 0 aliphatic carbocycles. The molecule has 0 aliphatic rings. The fourth-order valence-corrected chi connectivity index (χ4v) is 3.12. The molecule has 0 bridgehead atoms. The molecule has 0 spiro atoms. The van der Waals surface area contributed by atoms with E-state index in [1.165, 1.54) is 0 Å². The van der Waals surface area contributed by atoms with Crippen LogP contribution in [-0.2, 0) is 6.54 Å². The van der Waals surface area contributed by atoms with Gasteiger partial charge in [-0.3, -0.25) is 9.48 Å². The Balaban J connectivity index is 1.42. The molecule has 0 radical (unpaired) electrons. The molecule has 7 heteroatoms. The number of rotatable bonds is 5. The molecule has 1 amide bonds. The summed E-state index contributed by atoms with van der Waals surface area (Å²) in [6.45, 7) is 2.50. The second-order valence-corrected chi connectivity index (χ2v) is 7.18. The van der Waals surface area contributed by atoms with Crippen LogP contribution in [0.3, 0.4) is 0 Å². The van der Waals surface area contributed by atoms with Crippen molar-refractivity contribution in [2.75, 3.05) is 0 Å². The van der Waals surface area contributed by atoms with E-state index in [0.29, 0.717) is 23.6 Å². The number of fused-ring (bicyclic) bond motifs is 1. The predicted octanol–water partition coefficient (Wildman–Crippen LogP) is 4.33. The van der Waals surface area contributed by atoms with Crippen molar-refractivity contribution in [2.24, 2.45) is 0 Å². The van der Waals surface area contributed by atoms with Gasteiger partial charge in [0.1, 0.15) is 11.6 Å². The number of nitrogens with one attached hydrogen (secondary N) is 1. The van der Waals surface area contributed by atoms with Gasteiger partial charge in [0.15, 0.2) is 5.58 Å². The maximum absolute atomic E-state index is 12.5. The van der Waals surface area contributed by atoms with E-state index in [-0.39, 0.29) is 11.9 Å². The Morgan fingerprint density at radius 1 is 1.22 bits per heavy atom. The molecule has 2 aromatic heterocycles. The zero-order valence-electron chi connectivity index (χ0n) is 14.6. The smallest absolute Gasteiger partial charge is 0.251 e. The van der Waals surface area contributed by atoms with Gasteiger partial charge in [-0.2, -0.15) is 5.10 Å². The van der Waals surface area contributed by atoms with Crippen molar-refractivity contribution in [3.63, 3.8) is 0 Å². The Hall–Kier alpha value is -2.93. The third-order valence-electron chi connectivity index (χ3n) is 4.19. The summed E-state index contributed by atoms with van der Waals surface area (Å²) in [6.07, 6.45) is 3.65. The molecule has 1 atom stereocenters. The van der Waals surface area contributed by atoms with Gasteiger partial charge >= 0.3 is 0 Å². The van der Waals surface area contributed by atoms with Gasteiger partial charge in [0, 0.05) is 11.8 Å². The van der Waals surface area contributed by atoms with Crippen molar-refractivity contribution < 1.29 is 9.21 Å². The number of para-hydroxylation sites is 2. The van der Waals surface area contributed by atoms with Gasteiger partial charge in [-0.05, 0) is 52.7 Å². The largest absolute Gasteiger partial charge is 0.438 e. The number of nitrogens with zero attached hydrogens (tertiary/aromatic N) is 3. The SMILES string of the molecule is CC(NC(=O)c1ccc(Cn2cc(Br)cn2)cc1)c1nc2ccccc2o1. The van der Waals surface area contributed by atoms with Crippen LogP contribution in [0.4, 0.5) is 0 Å². The number of carbonyl (C=O) groups excluding carboxylic acids is 1. The number of amides is 1. The maximum atomic E-state index is 12.5. The molecular weight excluding hydrogens is 408 g/mol. The minimum atomic E-state index is -0.328. The Kier molecular flexibility index (Phi) is 4.77. The molecule has 1 N–H and O–H groups in total. The van der Waals surface area contributed by atoms with Crippen LogP contribution in [0.25, 0.3) is 11.1 Å². The number of hydrogen-bond acceptors (Lipinski definition) is 4. The topological polar surface area (TPSA) is 73.0 Å². The zero-order valence-corrected chi connectivity index (χ0v) is 16.2.